The number of methoxy groups -OCH3 is 2. The summed E-state index contributed by atoms with van der Waals surface area (Å²) in [6.07, 6.45) is 16.8. The molecule has 11 heterocycles. The van der Waals surface area contributed by atoms with Gasteiger partial charge in [-0.1, -0.05) is 50.1 Å². The van der Waals surface area contributed by atoms with Crippen LogP contribution in [0.15, 0.2) is 184 Å². The highest BCUT2D eigenvalue weighted by Crippen LogP contribution is 2.45. The highest BCUT2D eigenvalue weighted by Gasteiger charge is 2.38. The maximum absolute atomic E-state index is 14.0. The lowest BCUT2D eigenvalue weighted by atomic mass is 10.0. The highest BCUT2D eigenvalue weighted by atomic mass is 19.1. The molecule has 3 atom stereocenters. The number of piperidine rings is 2. The molecule has 3 amide bonds. The number of anilines is 15. The molecule has 1 saturated carbocycles. The molecule has 678 valence electrons. The Balaban J connectivity index is 0.000000143. The molecule has 129 heavy (non-hydrogen) atoms. The van der Waals surface area contributed by atoms with Gasteiger partial charge < -0.3 is 65.7 Å². The first-order valence-electron chi connectivity index (χ1n) is 44.0. The van der Waals surface area contributed by atoms with E-state index < -0.39 is 35.4 Å². The van der Waals surface area contributed by atoms with Gasteiger partial charge in [0, 0.05) is 177 Å². The van der Waals surface area contributed by atoms with Gasteiger partial charge in [0.05, 0.1) is 111 Å². The summed E-state index contributed by atoms with van der Waals surface area (Å²) in [4.78, 5) is 98.1. The van der Waals surface area contributed by atoms with Crippen LogP contribution in [0.2, 0.25) is 0 Å². The maximum atomic E-state index is 14.0. The number of rotatable bonds is 26. The number of ether oxygens (including phenoxy) is 3. The van der Waals surface area contributed by atoms with E-state index in [1.165, 1.54) is 98.0 Å². The van der Waals surface area contributed by atoms with Gasteiger partial charge in [-0.3, -0.25) is 43.6 Å². The van der Waals surface area contributed by atoms with Gasteiger partial charge in [0.25, 0.3) is 0 Å². The van der Waals surface area contributed by atoms with Crippen LogP contribution < -0.4 is 71.3 Å². The van der Waals surface area contributed by atoms with Gasteiger partial charge >= 0.3 is 0 Å². The fraction of sp³-hybridized carbons (Fsp3) is 0.394. The van der Waals surface area contributed by atoms with E-state index in [1.54, 1.807) is 31.4 Å². The van der Waals surface area contributed by atoms with Crippen molar-refractivity contribution < 1.29 is 60.7 Å². The van der Waals surface area contributed by atoms with Crippen molar-refractivity contribution in [2.75, 3.05) is 208 Å². The van der Waals surface area contributed by atoms with E-state index in [1.807, 2.05) is 71.8 Å². The maximum Gasteiger partial charge on any atom is 0.247 e. The third-order valence-electron chi connectivity index (χ3n) is 24.8. The summed E-state index contributed by atoms with van der Waals surface area (Å²) in [6.45, 7) is 27.4. The molecule has 31 nitrogen and oxygen atoms in total. The number of hydrogen-bond donors (Lipinski definition) is 6. The number of piperazine rings is 2. The zero-order valence-electron chi connectivity index (χ0n) is 72.8. The predicted octanol–water partition coefficient (Wildman–Crippen LogP) is 14.1. The minimum atomic E-state index is -0.654. The first-order chi connectivity index (χ1) is 62.9. The quantitative estimate of drug-likeness (QED) is 0.0217. The van der Waals surface area contributed by atoms with Crippen LogP contribution in [0.5, 0.6) is 11.5 Å². The van der Waals surface area contributed by atoms with E-state index in [0.717, 1.165) is 170 Å². The minimum Gasteiger partial charge on any atom is -0.494 e. The molecular formula is C94H110F4N22O9. The Morgan fingerprint density at radius 1 is 0.380 bits per heavy atom. The Bertz CT molecular complexity index is 5380. The molecule has 0 radical (unpaired) electrons. The summed E-state index contributed by atoms with van der Waals surface area (Å²) >= 11 is 0. The zero-order chi connectivity index (χ0) is 89.4. The SMILES string of the molecule is C=CC(=O)Nc1cc(Nc2cc(N3OCC[C@@H]3c3cc(F)cc(F)c3)ncn2)c(OC)cc1N1CCC(N2CCN(C3CC3)CC2)CC1.C=CC(=O)Nc1cc(Nc2cc(N3OCC[C@@H]3c3cc(F)cc(F)c3)ncn2)c(OC)cc1N1CCC(N2CCOCC2)CC1.C=CC(=O)Nc1cc(Nc2cc(N3OCC[C@@H]3c3ccccc3)ncn2)ccc1N1CCN(C)CC1. The largest absolute Gasteiger partial charge is 0.494 e. The molecule has 3 aromatic heterocycles. The summed E-state index contributed by atoms with van der Waals surface area (Å²) in [5, 5.41) is 23.8. The number of nitrogens with zero attached hydrogens (tertiary/aromatic N) is 16. The number of amides is 3. The number of morpholine rings is 1. The van der Waals surface area contributed by atoms with Crippen LogP contribution in [0.4, 0.5) is 104 Å². The van der Waals surface area contributed by atoms with Gasteiger partial charge in [-0.2, -0.15) is 0 Å². The van der Waals surface area contributed by atoms with Crippen molar-refractivity contribution in [3.63, 3.8) is 0 Å². The van der Waals surface area contributed by atoms with Crippen LogP contribution in [-0.2, 0) is 33.6 Å². The van der Waals surface area contributed by atoms with E-state index in [4.69, 9.17) is 28.7 Å². The molecule has 0 spiro atoms. The number of benzene rings is 6. The third-order valence-corrected chi connectivity index (χ3v) is 24.8. The van der Waals surface area contributed by atoms with Crippen LogP contribution in [0.25, 0.3) is 0 Å². The lowest BCUT2D eigenvalue weighted by molar-refractivity contribution is -0.112. The number of hydrogen-bond acceptors (Lipinski definition) is 28. The number of nitrogens with one attached hydrogen (secondary N) is 6. The monoisotopic (exact) mass is 1770 g/mol. The molecule has 9 fully saturated rings. The van der Waals surface area contributed by atoms with Gasteiger partial charge in [-0.05, 0) is 135 Å². The molecule has 9 aromatic rings. The van der Waals surface area contributed by atoms with Gasteiger partial charge in [0.2, 0.25) is 17.7 Å². The Morgan fingerprint density at radius 3 is 1.16 bits per heavy atom. The highest BCUT2D eigenvalue weighted by molar-refractivity contribution is 6.04. The predicted molar refractivity (Wildman–Crippen MR) is 490 cm³/mol. The van der Waals surface area contributed by atoms with E-state index in [9.17, 15) is 31.9 Å². The first-order valence-corrected chi connectivity index (χ1v) is 44.0. The van der Waals surface area contributed by atoms with Crippen LogP contribution in [0, 0.1) is 23.3 Å². The zero-order valence-corrected chi connectivity index (χ0v) is 72.8. The van der Waals surface area contributed by atoms with Crippen LogP contribution >= 0.6 is 0 Å². The number of carbonyl (C=O) groups excluding carboxylic acids is 3. The average molecular weight is 1770 g/mol. The van der Waals surface area contributed by atoms with Crippen molar-refractivity contribution in [1.82, 2.24) is 49.5 Å². The van der Waals surface area contributed by atoms with Crippen molar-refractivity contribution in [2.45, 2.75) is 94.0 Å². The summed E-state index contributed by atoms with van der Waals surface area (Å²) in [7, 11) is 5.31. The molecule has 0 bridgehead atoms. The summed E-state index contributed by atoms with van der Waals surface area (Å²) in [6, 6.07) is 37.0. The molecular weight excluding hydrogens is 1660 g/mol. The lowest BCUT2D eigenvalue weighted by Gasteiger charge is -2.43. The molecule has 6 aromatic carbocycles. The molecule has 1 aliphatic carbocycles. The lowest BCUT2D eigenvalue weighted by Crippen LogP contribution is -2.53. The summed E-state index contributed by atoms with van der Waals surface area (Å²) < 4.78 is 73.1. The Labute approximate surface area is 747 Å². The van der Waals surface area contributed by atoms with Gasteiger partial charge in [0.1, 0.15) is 71.2 Å². The Hall–Kier alpha value is -12.6. The Morgan fingerprint density at radius 2 is 0.760 bits per heavy atom. The molecule has 9 aliphatic rings. The number of hydroxylamine groups is 3. The molecule has 6 N–H and O–H groups in total. The number of likely N-dealkylation sites (N-methyl/N-ethyl adjacent to an activating group) is 1. The topological polar surface area (TPSA) is 289 Å². The van der Waals surface area contributed by atoms with Crippen molar-refractivity contribution in [3.8, 4) is 11.5 Å². The van der Waals surface area contributed by atoms with Crippen molar-refractivity contribution >= 4 is 104 Å². The van der Waals surface area contributed by atoms with E-state index >= 15 is 0 Å². The molecule has 8 saturated heterocycles. The van der Waals surface area contributed by atoms with Gasteiger partial charge in [-0.15, -0.1) is 0 Å². The number of aromatic nitrogens is 6. The van der Waals surface area contributed by atoms with Crippen molar-refractivity contribution in [1.29, 1.82) is 0 Å². The number of halogens is 4. The second-order valence-electron chi connectivity index (χ2n) is 33.0. The third kappa shape index (κ3) is 22.4. The average Bonchev–Trinajstić information content (AvgIpc) is 1.21. The fourth-order valence-corrected chi connectivity index (χ4v) is 18.0. The van der Waals surface area contributed by atoms with E-state index in [-0.39, 0.29) is 23.8 Å². The van der Waals surface area contributed by atoms with Crippen molar-refractivity contribution in [3.05, 3.63) is 224 Å². The molecule has 8 aliphatic heterocycles. The van der Waals surface area contributed by atoms with Crippen molar-refractivity contribution in [2.24, 2.45) is 0 Å². The summed E-state index contributed by atoms with van der Waals surface area (Å²) in [5.74, 6) is 0.667. The van der Waals surface area contributed by atoms with Crippen LogP contribution in [0.1, 0.15) is 92.6 Å². The van der Waals surface area contributed by atoms with Gasteiger partial charge in [0.15, 0.2) is 17.5 Å². The van der Waals surface area contributed by atoms with E-state index in [2.05, 4.69) is 135 Å². The smallest absolute Gasteiger partial charge is 0.247 e. The van der Waals surface area contributed by atoms with E-state index in [0.29, 0.717) is 125 Å². The molecule has 35 heteroatoms. The standard InChI is InChI=1S/C35H42F2N8O3.C32H37F2N7O4.C27H31N7O2/c1-3-35(46)41-28-19-29(40-33-21-34(39-22-38-33)45-30(8-15-48-45)23-16-24(36)18-25(37)17-23)32(47-2)20-31(28)44-9-6-27(7-10-44)43-13-11-42(12-14-43)26-4-5-26;1-3-32(42)38-25-17-26(29(43-2)18-28(25)40-7-4-24(5-8-40)39-9-12-44-13-10-39)37-30-19-31(36-20-35-30)41-27(6-11-45-41)21-14-22(33)16-23(34)15-21;1-3-27(35)31-22-17-21(9-10-24(22)33-14-12-32(2)13-15-33)30-25-18-26(29-19-28-25)34-23(11-16-36-34)20-7-5-4-6-8-20/h3,16-22,26-27,30H,1,4-15H2,2H3,(H,41,46)(H,38,39,40);3,14-20,24,27H,1,4-13H2,2H3,(H,38,42)(H,35,36,37);3-10,17-19,23H,1,11-16H2,2H3,(H,31,35)(H,28,29,30)/t30-;27-;23-/m111/s1. The second-order valence-corrected chi connectivity index (χ2v) is 33.0. The normalized spacial score (nSPS) is 19.6. The first kappa shape index (κ1) is 89.8. The minimum absolute atomic E-state index is 0.0949. The molecule has 0 unspecified atom stereocenters. The number of carbonyl (C=O) groups is 3. The second kappa shape index (κ2) is 42.1. The van der Waals surface area contributed by atoms with Crippen LogP contribution in [0.3, 0.4) is 0 Å². The summed E-state index contributed by atoms with van der Waals surface area (Å²) in [5.41, 5.74) is 8.74. The Kier molecular flexibility index (Phi) is 29.3. The van der Waals surface area contributed by atoms with Crippen LogP contribution in [-0.4, -0.2) is 231 Å². The molecule has 18 rings (SSSR count). The van der Waals surface area contributed by atoms with Gasteiger partial charge in [-0.25, -0.2) is 62.7 Å². The fourth-order valence-electron chi connectivity index (χ4n) is 18.0.